The van der Waals surface area contributed by atoms with Gasteiger partial charge in [0.25, 0.3) is 0 Å². The minimum Gasteiger partial charge on any atom is -0.326 e. The topological polar surface area (TPSA) is 38.9 Å². The molecule has 74 valence electrons. The monoisotopic (exact) mass is 216 g/mol. The van der Waals surface area contributed by atoms with Crippen LogP contribution in [0.25, 0.3) is 0 Å². The molecule has 0 bridgehead atoms. The van der Waals surface area contributed by atoms with Crippen molar-refractivity contribution in [2.45, 2.75) is 26.1 Å². The lowest BCUT2D eigenvalue weighted by atomic mass is 10.3. The van der Waals surface area contributed by atoms with Crippen molar-refractivity contribution in [3.05, 3.63) is 16.1 Å². The van der Waals surface area contributed by atoms with Crippen molar-refractivity contribution in [1.29, 1.82) is 0 Å². The number of hydrogen-bond donors (Lipinski definition) is 1. The standard InChI is InChI=1S/C9H16N2S2/c1-7(2)5-12-6-9-11-4-8(3-10)13-9/h4,7H,3,5-6,10H2,1-2H3. The van der Waals surface area contributed by atoms with E-state index in [1.54, 1.807) is 11.3 Å². The quantitative estimate of drug-likeness (QED) is 0.822. The zero-order valence-corrected chi connectivity index (χ0v) is 9.75. The van der Waals surface area contributed by atoms with Crippen LogP contribution in [0.5, 0.6) is 0 Å². The van der Waals surface area contributed by atoms with Crippen molar-refractivity contribution < 1.29 is 0 Å². The van der Waals surface area contributed by atoms with Gasteiger partial charge in [-0.25, -0.2) is 4.98 Å². The summed E-state index contributed by atoms with van der Waals surface area (Å²) < 4.78 is 0. The molecule has 1 heterocycles. The van der Waals surface area contributed by atoms with Gasteiger partial charge in [-0.2, -0.15) is 11.8 Å². The van der Waals surface area contributed by atoms with Crippen LogP contribution in [0.4, 0.5) is 0 Å². The van der Waals surface area contributed by atoms with Gasteiger partial charge in [-0.1, -0.05) is 13.8 Å². The van der Waals surface area contributed by atoms with Gasteiger partial charge in [0.2, 0.25) is 0 Å². The van der Waals surface area contributed by atoms with Crippen molar-refractivity contribution in [2.75, 3.05) is 5.75 Å². The summed E-state index contributed by atoms with van der Waals surface area (Å²) in [5, 5.41) is 1.20. The van der Waals surface area contributed by atoms with E-state index in [1.807, 2.05) is 18.0 Å². The Bertz CT molecular complexity index is 246. The molecule has 13 heavy (non-hydrogen) atoms. The van der Waals surface area contributed by atoms with Gasteiger partial charge < -0.3 is 5.73 Å². The summed E-state index contributed by atoms with van der Waals surface area (Å²) in [4.78, 5) is 5.48. The molecule has 0 spiro atoms. The lowest BCUT2D eigenvalue weighted by Crippen LogP contribution is -1.91. The Morgan fingerprint density at radius 1 is 1.62 bits per heavy atom. The second kappa shape index (κ2) is 5.62. The SMILES string of the molecule is CC(C)CSCc1ncc(CN)s1. The number of aromatic nitrogens is 1. The van der Waals surface area contributed by atoms with E-state index in [-0.39, 0.29) is 0 Å². The number of thioether (sulfide) groups is 1. The van der Waals surface area contributed by atoms with E-state index < -0.39 is 0 Å². The van der Waals surface area contributed by atoms with E-state index in [0.29, 0.717) is 6.54 Å². The molecule has 0 unspecified atom stereocenters. The maximum Gasteiger partial charge on any atom is 0.103 e. The van der Waals surface area contributed by atoms with E-state index in [9.17, 15) is 0 Å². The van der Waals surface area contributed by atoms with E-state index >= 15 is 0 Å². The molecular weight excluding hydrogens is 200 g/mol. The van der Waals surface area contributed by atoms with Crippen LogP contribution in [0.1, 0.15) is 23.7 Å². The first kappa shape index (κ1) is 11.0. The molecule has 0 saturated heterocycles. The van der Waals surface area contributed by atoms with Crippen LogP contribution in [0.3, 0.4) is 0 Å². The van der Waals surface area contributed by atoms with Crippen molar-refractivity contribution in [3.8, 4) is 0 Å². The molecular formula is C9H16N2S2. The maximum absolute atomic E-state index is 5.50. The van der Waals surface area contributed by atoms with Crippen LogP contribution in [0.2, 0.25) is 0 Å². The fraction of sp³-hybridized carbons (Fsp3) is 0.667. The lowest BCUT2D eigenvalue weighted by Gasteiger charge is -2.01. The van der Waals surface area contributed by atoms with Crippen LogP contribution < -0.4 is 5.73 Å². The van der Waals surface area contributed by atoms with Gasteiger partial charge in [0.05, 0.1) is 0 Å². The number of nitrogens with zero attached hydrogens (tertiary/aromatic N) is 1. The first-order valence-electron chi connectivity index (χ1n) is 4.43. The Balaban J connectivity index is 2.28. The molecule has 0 radical (unpaired) electrons. The molecule has 1 aromatic heterocycles. The molecule has 0 aliphatic rings. The van der Waals surface area contributed by atoms with E-state index in [0.717, 1.165) is 11.7 Å². The molecule has 2 N–H and O–H groups in total. The van der Waals surface area contributed by atoms with E-state index in [4.69, 9.17) is 5.73 Å². The first-order valence-corrected chi connectivity index (χ1v) is 6.41. The Morgan fingerprint density at radius 2 is 2.38 bits per heavy atom. The van der Waals surface area contributed by atoms with Crippen LogP contribution in [-0.2, 0) is 12.3 Å². The zero-order valence-electron chi connectivity index (χ0n) is 8.12. The third-order valence-corrected chi connectivity index (χ3v) is 4.06. The predicted octanol–water partition coefficient (Wildman–Crippen LogP) is 2.49. The Hall–Kier alpha value is -0.0600. The Kier molecular flexibility index (Phi) is 4.77. The number of rotatable bonds is 5. The van der Waals surface area contributed by atoms with Gasteiger partial charge >= 0.3 is 0 Å². The van der Waals surface area contributed by atoms with E-state index in [1.165, 1.54) is 15.6 Å². The highest BCUT2D eigenvalue weighted by Crippen LogP contribution is 2.19. The molecule has 1 aromatic rings. The van der Waals surface area contributed by atoms with Crippen molar-refractivity contribution in [1.82, 2.24) is 4.98 Å². The van der Waals surface area contributed by atoms with Gasteiger partial charge in [-0.05, 0) is 11.7 Å². The summed E-state index contributed by atoms with van der Waals surface area (Å²) in [5.74, 6) is 3.00. The Morgan fingerprint density at radius 3 is 2.92 bits per heavy atom. The summed E-state index contributed by atoms with van der Waals surface area (Å²) in [7, 11) is 0. The average Bonchev–Trinajstić information content (AvgIpc) is 2.52. The smallest absolute Gasteiger partial charge is 0.103 e. The largest absolute Gasteiger partial charge is 0.326 e. The van der Waals surface area contributed by atoms with Gasteiger partial charge in [0.15, 0.2) is 0 Å². The van der Waals surface area contributed by atoms with Crippen LogP contribution in [0.15, 0.2) is 6.20 Å². The second-order valence-corrected chi connectivity index (χ2v) is 5.56. The number of thiazole rings is 1. The van der Waals surface area contributed by atoms with Crippen LogP contribution in [0, 0.1) is 5.92 Å². The molecule has 0 aliphatic carbocycles. The summed E-state index contributed by atoms with van der Waals surface area (Å²) in [6.45, 7) is 5.09. The first-order chi connectivity index (χ1) is 6.22. The van der Waals surface area contributed by atoms with Crippen molar-refractivity contribution >= 4 is 23.1 Å². The highest BCUT2D eigenvalue weighted by molar-refractivity contribution is 7.98. The molecule has 0 aromatic carbocycles. The van der Waals surface area contributed by atoms with Gasteiger partial charge in [0, 0.05) is 23.4 Å². The van der Waals surface area contributed by atoms with Crippen molar-refractivity contribution in [2.24, 2.45) is 11.7 Å². The third kappa shape index (κ3) is 4.11. The lowest BCUT2D eigenvalue weighted by molar-refractivity contribution is 0.750. The number of nitrogens with two attached hydrogens (primary N) is 1. The second-order valence-electron chi connectivity index (χ2n) is 3.33. The average molecular weight is 216 g/mol. The molecule has 2 nitrogen and oxygen atoms in total. The fourth-order valence-corrected chi connectivity index (χ4v) is 2.81. The predicted molar refractivity (Wildman–Crippen MR) is 61.0 cm³/mol. The normalized spacial score (nSPS) is 11.1. The number of hydrogen-bond acceptors (Lipinski definition) is 4. The fourth-order valence-electron chi connectivity index (χ4n) is 0.891. The highest BCUT2D eigenvalue weighted by atomic mass is 32.2. The molecule has 0 fully saturated rings. The molecule has 0 atom stereocenters. The Labute approximate surface area is 87.9 Å². The maximum atomic E-state index is 5.50. The zero-order chi connectivity index (χ0) is 9.68. The van der Waals surface area contributed by atoms with E-state index in [2.05, 4.69) is 18.8 Å². The van der Waals surface area contributed by atoms with Gasteiger partial charge in [0.1, 0.15) is 5.01 Å². The van der Waals surface area contributed by atoms with Crippen LogP contribution >= 0.6 is 23.1 Å². The molecule has 0 aliphatic heterocycles. The minimum atomic E-state index is 0.618. The van der Waals surface area contributed by atoms with Gasteiger partial charge in [-0.15, -0.1) is 11.3 Å². The summed E-state index contributed by atoms with van der Waals surface area (Å²) in [5.41, 5.74) is 5.50. The summed E-state index contributed by atoms with van der Waals surface area (Å²) in [6, 6.07) is 0. The minimum absolute atomic E-state index is 0.618. The molecule has 0 saturated carbocycles. The van der Waals surface area contributed by atoms with Crippen LogP contribution in [-0.4, -0.2) is 10.7 Å². The molecule has 0 amide bonds. The highest BCUT2D eigenvalue weighted by Gasteiger charge is 2.01. The molecule has 4 heteroatoms. The molecule has 1 rings (SSSR count). The third-order valence-electron chi connectivity index (χ3n) is 1.48. The summed E-state index contributed by atoms with van der Waals surface area (Å²) in [6.07, 6.45) is 1.88. The summed E-state index contributed by atoms with van der Waals surface area (Å²) >= 11 is 3.67. The van der Waals surface area contributed by atoms with Crippen molar-refractivity contribution in [3.63, 3.8) is 0 Å². The van der Waals surface area contributed by atoms with Gasteiger partial charge in [-0.3, -0.25) is 0 Å².